The Morgan fingerprint density at radius 1 is 0.671 bits per heavy atom. The third-order valence-electron chi connectivity index (χ3n) is 12.3. The second-order valence-corrected chi connectivity index (χ2v) is 18.3. The highest BCUT2D eigenvalue weighted by Crippen LogP contribution is 2.60. The molecule has 4 aromatic carbocycles. The monoisotopic (exact) mass is 1040 g/mol. The molecular weight excluding hydrogens is 995 g/mol. The molecule has 8 rings (SSSR count). The van der Waals surface area contributed by atoms with E-state index in [0.717, 1.165) is 30.4 Å². The van der Waals surface area contributed by atoms with E-state index in [-0.39, 0.29) is 5.57 Å². The largest absolute Gasteiger partial charge is 0.509 e. The zero-order valence-electron chi connectivity index (χ0n) is 36.9. The molecule has 0 spiro atoms. The number of aliphatic hydroxyl groups excluding tert-OH is 6. The van der Waals surface area contributed by atoms with Gasteiger partial charge in [-0.1, -0.05) is 0 Å². The van der Waals surface area contributed by atoms with Gasteiger partial charge in [0.15, 0.2) is 64.3 Å². The number of nitrogens with two attached hydrogens (primary N) is 1. The number of fused-ring (bicyclic) bond motifs is 2. The molecule has 26 heteroatoms. The maximum atomic E-state index is 14.3. The summed E-state index contributed by atoms with van der Waals surface area (Å²) in [4.78, 5) is 40.5. The Bertz CT molecular complexity index is 3050. The molecule has 2 aliphatic carbocycles. The minimum atomic E-state index is -2.05. The van der Waals surface area contributed by atoms with E-state index in [1.165, 1.54) is 0 Å². The summed E-state index contributed by atoms with van der Waals surface area (Å²) in [6, 6.07) is 3.50. The summed E-state index contributed by atoms with van der Waals surface area (Å²) in [5.74, 6) is -22.4. The predicted octanol–water partition coefficient (Wildman–Crippen LogP) is 2.93. The van der Waals surface area contributed by atoms with Crippen molar-refractivity contribution >= 4 is 29.7 Å². The number of aliphatic carboxylic acids is 1. The Balaban J connectivity index is 1.41. The molecule has 4 aromatic rings. The van der Waals surface area contributed by atoms with Crippen LogP contribution in [0.4, 0.5) is 0 Å². The summed E-state index contributed by atoms with van der Waals surface area (Å²) >= 11 is 0.585. The number of allylic oxidation sites excluding steroid dienone is 1. The second kappa shape index (κ2) is 19.1. The van der Waals surface area contributed by atoms with Crippen molar-refractivity contribution in [2.24, 2.45) is 11.7 Å². The molecule has 2 aliphatic heterocycles. The molecule has 0 amide bonds. The van der Waals surface area contributed by atoms with E-state index in [1.54, 1.807) is 0 Å². The number of carbonyl (C=O) groups is 3. The number of rotatable bonds is 11. The average molecular weight is 1040 g/mol. The van der Waals surface area contributed by atoms with E-state index < -0.39 is 210 Å². The average Bonchev–Trinajstić information content (AvgIpc) is 3.32. The van der Waals surface area contributed by atoms with Gasteiger partial charge in [-0.05, 0) is 48.1 Å². The maximum absolute atomic E-state index is 14.3. The van der Waals surface area contributed by atoms with Crippen LogP contribution in [0.2, 0.25) is 0 Å². The molecule has 19 N–H and O–H groups in total. The molecule has 0 saturated carbocycles. The Hall–Kier alpha value is -8.72. The highest BCUT2D eigenvalue weighted by Gasteiger charge is 2.53. The van der Waals surface area contributed by atoms with Crippen molar-refractivity contribution in [3.63, 3.8) is 0 Å². The molecule has 0 saturated heterocycles. The van der Waals surface area contributed by atoms with Gasteiger partial charge in [-0.25, -0.2) is 9.59 Å². The third kappa shape index (κ3) is 9.25. The van der Waals surface area contributed by atoms with E-state index in [4.69, 9.17) is 24.7 Å². The summed E-state index contributed by atoms with van der Waals surface area (Å²) in [5, 5.41) is 180. The van der Waals surface area contributed by atoms with Crippen molar-refractivity contribution in [3.05, 3.63) is 117 Å². The smallest absolute Gasteiger partial charge is 0.338 e. The van der Waals surface area contributed by atoms with Gasteiger partial charge < -0.3 is 111 Å². The molecule has 10 atom stereocenters. The van der Waals surface area contributed by atoms with E-state index in [2.05, 4.69) is 0 Å². The lowest BCUT2D eigenvalue weighted by Gasteiger charge is -2.45. The van der Waals surface area contributed by atoms with Crippen LogP contribution < -0.4 is 15.2 Å². The summed E-state index contributed by atoms with van der Waals surface area (Å²) < 4.78 is 24.9. The number of phenols is 10. The second-order valence-electron chi connectivity index (χ2n) is 17.1. The molecule has 3 unspecified atom stereocenters. The van der Waals surface area contributed by atoms with Crippen LogP contribution in [0.15, 0.2) is 89.3 Å². The first-order chi connectivity index (χ1) is 34.4. The third-order valence-corrected chi connectivity index (χ3v) is 13.7. The number of carbonyl (C=O) groups excluding carboxylic acids is 2. The van der Waals surface area contributed by atoms with E-state index in [1.807, 2.05) is 0 Å². The van der Waals surface area contributed by atoms with Crippen LogP contribution in [0.25, 0.3) is 0 Å². The molecule has 2 heterocycles. The van der Waals surface area contributed by atoms with E-state index in [0.29, 0.717) is 42.1 Å². The number of carboxylic acids is 1. The van der Waals surface area contributed by atoms with Crippen LogP contribution in [0.1, 0.15) is 55.0 Å². The number of hydrogen-bond acceptors (Lipinski definition) is 25. The Labute approximate surface area is 412 Å². The van der Waals surface area contributed by atoms with Crippen molar-refractivity contribution in [1.82, 2.24) is 0 Å². The maximum Gasteiger partial charge on any atom is 0.338 e. The number of hydrogen-bond donors (Lipinski definition) is 18. The Kier molecular flexibility index (Phi) is 13.3. The molecule has 0 radical (unpaired) electrons. The molecule has 0 bridgehead atoms. The molecular formula is C47H43NO24S. The van der Waals surface area contributed by atoms with Crippen molar-refractivity contribution in [2.45, 2.75) is 60.3 Å². The van der Waals surface area contributed by atoms with Crippen LogP contribution in [-0.4, -0.2) is 153 Å². The van der Waals surface area contributed by atoms with Gasteiger partial charge in [0.1, 0.15) is 70.4 Å². The highest BCUT2D eigenvalue weighted by molar-refractivity contribution is 7.99. The lowest BCUT2D eigenvalue weighted by atomic mass is 9.74. The molecule has 386 valence electrons. The fraction of sp³-hybridized carbons (Fsp3) is 0.255. The first-order valence-electron chi connectivity index (χ1n) is 21.4. The lowest BCUT2D eigenvalue weighted by molar-refractivity contribution is -0.137. The highest BCUT2D eigenvalue weighted by atomic mass is 32.2. The molecule has 0 aromatic heterocycles. The van der Waals surface area contributed by atoms with Gasteiger partial charge in [0.05, 0.1) is 27.9 Å². The fourth-order valence-corrected chi connectivity index (χ4v) is 10.2. The van der Waals surface area contributed by atoms with Crippen LogP contribution in [-0.2, 0) is 14.3 Å². The standard InChI is InChI=1S/C47H43NO24S/c48-18(45(65)66)12-73-44-33-21(52)11-20(51)32(41(33)70-40(14-3-24(55)36(62)25(56)4-14)43(44)72-47(68)16-7-28(59)38(64)29(60)8-16)34-31-19(50)9-17(49)10-30(31)69-39(13-1-22(53)35(61)23(54)2-13)42(34)71-46(67)15-5-26(57)37(63)27(58)6-15/h1,3-11,13,18,24,34,36,39-40,42-44,49-64H,2,12,48H2,(H,65,66)/t13?,18-,24?,34+,36?,39+,40+,42+,43-,44-/m0/s1. The van der Waals surface area contributed by atoms with Gasteiger partial charge >= 0.3 is 17.9 Å². The molecule has 4 aliphatic rings. The summed E-state index contributed by atoms with van der Waals surface area (Å²) in [7, 11) is 0. The number of benzene rings is 4. The van der Waals surface area contributed by atoms with Crippen LogP contribution >= 0.6 is 11.8 Å². The SMILES string of the molecule is N[C@@H](CS[C@H]1c2c(O)cc(O)c([C@H]3c4c(O)cc(O)cc4O[C@H](C4C=C(O)C(O)=C(O)C4)[C@@H]3OC(=O)c3cc(O)c(O)c(O)c3)c2O[C@H](C2=CC(O)C(O)C(O)=C2)[C@@H]1OC(=O)c1cc(O)c(O)c(O)c1)C(=O)O. The van der Waals surface area contributed by atoms with Gasteiger partial charge in [0, 0.05) is 47.4 Å². The van der Waals surface area contributed by atoms with Crippen LogP contribution in [0, 0.1) is 5.92 Å². The fourth-order valence-electron chi connectivity index (χ4n) is 8.86. The summed E-state index contributed by atoms with van der Waals surface area (Å²) in [6.45, 7) is 0. The van der Waals surface area contributed by atoms with Crippen molar-refractivity contribution in [2.75, 3.05) is 5.75 Å². The minimum Gasteiger partial charge on any atom is -0.509 e. The van der Waals surface area contributed by atoms with Crippen molar-refractivity contribution < 1.29 is 120 Å². The van der Waals surface area contributed by atoms with Crippen LogP contribution in [0.3, 0.4) is 0 Å². The zero-order valence-corrected chi connectivity index (χ0v) is 37.7. The number of aromatic hydroxyl groups is 10. The molecule has 0 fully saturated rings. The van der Waals surface area contributed by atoms with Crippen molar-refractivity contribution in [1.29, 1.82) is 0 Å². The van der Waals surface area contributed by atoms with Gasteiger partial charge in [0.25, 0.3) is 0 Å². The normalized spacial score (nSPS) is 24.8. The van der Waals surface area contributed by atoms with Gasteiger partial charge in [-0.2, -0.15) is 0 Å². The number of ether oxygens (including phenoxy) is 4. The number of aliphatic hydroxyl groups is 6. The first-order valence-corrected chi connectivity index (χ1v) is 22.4. The van der Waals surface area contributed by atoms with E-state index in [9.17, 15) is 101 Å². The van der Waals surface area contributed by atoms with Crippen molar-refractivity contribution in [3.8, 4) is 69.0 Å². The Morgan fingerprint density at radius 2 is 1.22 bits per heavy atom. The van der Waals surface area contributed by atoms with E-state index >= 15 is 0 Å². The van der Waals surface area contributed by atoms with Gasteiger partial charge in [0.2, 0.25) is 0 Å². The number of thioether (sulfide) groups is 1. The van der Waals surface area contributed by atoms with Gasteiger partial charge in [-0.15, -0.1) is 11.8 Å². The number of esters is 2. The molecule has 73 heavy (non-hydrogen) atoms. The summed E-state index contributed by atoms with van der Waals surface area (Å²) in [6.07, 6.45) is -9.35. The lowest BCUT2D eigenvalue weighted by Crippen LogP contribution is -2.49. The van der Waals surface area contributed by atoms with Crippen LogP contribution in [0.5, 0.6) is 69.0 Å². The topological polar surface area (TPSA) is 458 Å². The predicted molar refractivity (Wildman–Crippen MR) is 244 cm³/mol. The summed E-state index contributed by atoms with van der Waals surface area (Å²) in [5.41, 5.74) is 2.84. The minimum absolute atomic E-state index is 0.324. The molecule has 25 nitrogen and oxygen atoms in total. The zero-order chi connectivity index (χ0) is 53.2. The number of carboxylic acid groups (broad SMARTS) is 1. The Morgan fingerprint density at radius 3 is 1.77 bits per heavy atom. The first kappa shape index (κ1) is 50.7. The van der Waals surface area contributed by atoms with Gasteiger partial charge in [-0.3, -0.25) is 4.79 Å². The number of phenolic OH excluding ortho intramolecular Hbond substituents is 10. The quantitative estimate of drug-likeness (QED) is 0.0758.